The van der Waals surface area contributed by atoms with Gasteiger partial charge in [0.2, 0.25) is 5.90 Å². The molecule has 0 N–H and O–H groups in total. The largest absolute Gasteiger partial charge is 0.479 e. The van der Waals surface area contributed by atoms with Gasteiger partial charge in [-0.2, -0.15) is 0 Å². The number of hydrogen-bond acceptors (Lipinski definition) is 5. The van der Waals surface area contributed by atoms with Crippen LogP contribution in [0.1, 0.15) is 59.3 Å². The van der Waals surface area contributed by atoms with E-state index < -0.39 is 5.60 Å². The minimum atomic E-state index is -0.425. The fourth-order valence-corrected chi connectivity index (χ4v) is 3.88. The normalized spacial score (nSPS) is 30.0. The van der Waals surface area contributed by atoms with Crippen LogP contribution in [0, 0.1) is 5.92 Å². The molecule has 3 atom stereocenters. The SMILES string of the molecule is CC(C)(C)OC(=O)N1[C@@H]2CC[C@H]1CC(CCOC1=NOCC1)C2. The van der Waals surface area contributed by atoms with Crippen molar-refractivity contribution in [1.82, 2.24) is 4.90 Å². The Bertz CT molecular complexity index is 458. The van der Waals surface area contributed by atoms with Crippen molar-refractivity contribution >= 4 is 12.0 Å². The molecule has 23 heavy (non-hydrogen) atoms. The first-order valence-corrected chi connectivity index (χ1v) is 8.75. The van der Waals surface area contributed by atoms with Crippen molar-refractivity contribution < 1.29 is 19.1 Å². The highest BCUT2D eigenvalue weighted by Gasteiger charge is 2.44. The summed E-state index contributed by atoms with van der Waals surface area (Å²) in [6.45, 7) is 7.09. The molecule has 0 aliphatic carbocycles. The molecule has 0 aromatic heterocycles. The maximum Gasteiger partial charge on any atom is 0.410 e. The standard InChI is InChI=1S/C17H28N2O4/c1-17(2,3)23-16(20)19-13-4-5-14(19)11-12(10-13)6-8-21-15-7-9-22-18-15/h12-14H,4-11H2,1-3H3/t12?,13-,14+. The number of oxime groups is 1. The highest BCUT2D eigenvalue weighted by molar-refractivity contribution is 5.76. The van der Waals surface area contributed by atoms with Crippen molar-refractivity contribution in [3.63, 3.8) is 0 Å². The highest BCUT2D eigenvalue weighted by Crippen LogP contribution is 2.40. The second kappa shape index (κ2) is 6.57. The van der Waals surface area contributed by atoms with Crippen molar-refractivity contribution in [2.75, 3.05) is 13.2 Å². The number of nitrogens with zero attached hydrogens (tertiary/aromatic N) is 2. The number of amides is 1. The molecular weight excluding hydrogens is 296 g/mol. The molecule has 0 aromatic rings. The smallest absolute Gasteiger partial charge is 0.410 e. The van der Waals surface area contributed by atoms with Gasteiger partial charge in [0.25, 0.3) is 0 Å². The van der Waals surface area contributed by atoms with Gasteiger partial charge in [0.1, 0.15) is 12.2 Å². The molecule has 1 amide bonds. The Kier molecular flexibility index (Phi) is 4.69. The van der Waals surface area contributed by atoms with Gasteiger partial charge in [-0.25, -0.2) is 4.79 Å². The third-order valence-electron chi connectivity index (χ3n) is 4.80. The third kappa shape index (κ3) is 4.09. The van der Waals surface area contributed by atoms with Gasteiger partial charge in [0, 0.05) is 12.1 Å². The number of piperidine rings is 1. The maximum atomic E-state index is 12.4. The van der Waals surface area contributed by atoms with Crippen molar-refractivity contribution in [2.24, 2.45) is 11.1 Å². The summed E-state index contributed by atoms with van der Waals surface area (Å²) in [5.41, 5.74) is -0.425. The van der Waals surface area contributed by atoms with Crippen LogP contribution in [0.4, 0.5) is 4.79 Å². The molecule has 0 radical (unpaired) electrons. The molecule has 0 aromatic carbocycles. The first-order valence-electron chi connectivity index (χ1n) is 8.75. The molecule has 3 heterocycles. The van der Waals surface area contributed by atoms with E-state index in [1.165, 1.54) is 0 Å². The number of ether oxygens (including phenoxy) is 2. The lowest BCUT2D eigenvalue weighted by Crippen LogP contribution is -2.48. The minimum Gasteiger partial charge on any atom is -0.479 e. The van der Waals surface area contributed by atoms with E-state index in [2.05, 4.69) is 5.16 Å². The highest BCUT2D eigenvalue weighted by atomic mass is 16.7. The van der Waals surface area contributed by atoms with Gasteiger partial charge in [-0.1, -0.05) is 5.16 Å². The Labute approximate surface area is 138 Å². The summed E-state index contributed by atoms with van der Waals surface area (Å²) >= 11 is 0. The van der Waals surface area contributed by atoms with Gasteiger partial charge in [0.05, 0.1) is 13.0 Å². The van der Waals surface area contributed by atoms with Crippen LogP contribution < -0.4 is 0 Å². The molecule has 2 fully saturated rings. The molecule has 2 saturated heterocycles. The zero-order chi connectivity index (χ0) is 16.4. The summed E-state index contributed by atoms with van der Waals surface area (Å²) in [6, 6.07) is 0.668. The molecule has 3 aliphatic heterocycles. The van der Waals surface area contributed by atoms with Gasteiger partial charge >= 0.3 is 6.09 Å². The van der Waals surface area contributed by atoms with E-state index in [0.29, 0.717) is 31.2 Å². The van der Waals surface area contributed by atoms with Gasteiger partial charge < -0.3 is 19.2 Å². The fraction of sp³-hybridized carbons (Fsp3) is 0.882. The lowest BCUT2D eigenvalue weighted by Gasteiger charge is -2.39. The van der Waals surface area contributed by atoms with E-state index >= 15 is 0 Å². The first-order chi connectivity index (χ1) is 10.9. The van der Waals surface area contributed by atoms with Crippen LogP contribution >= 0.6 is 0 Å². The van der Waals surface area contributed by atoms with Crippen LogP contribution in [0.15, 0.2) is 5.16 Å². The molecule has 130 valence electrons. The number of hydrogen-bond donors (Lipinski definition) is 0. The van der Waals surface area contributed by atoms with E-state index in [9.17, 15) is 4.79 Å². The first kappa shape index (κ1) is 16.4. The van der Waals surface area contributed by atoms with Crippen molar-refractivity contribution in [3.05, 3.63) is 0 Å². The predicted molar refractivity (Wildman–Crippen MR) is 86.2 cm³/mol. The Morgan fingerprint density at radius 3 is 2.57 bits per heavy atom. The van der Waals surface area contributed by atoms with Crippen LogP contribution in [0.5, 0.6) is 0 Å². The molecule has 3 rings (SSSR count). The van der Waals surface area contributed by atoms with E-state index in [0.717, 1.165) is 44.4 Å². The minimum absolute atomic E-state index is 0.142. The Morgan fingerprint density at radius 1 is 1.30 bits per heavy atom. The quantitative estimate of drug-likeness (QED) is 0.799. The van der Waals surface area contributed by atoms with Crippen molar-refractivity contribution in [3.8, 4) is 0 Å². The molecular formula is C17H28N2O4. The number of carbonyl (C=O) groups excluding carboxylic acids is 1. The number of fused-ring (bicyclic) bond motifs is 2. The fourth-order valence-electron chi connectivity index (χ4n) is 3.88. The second-order valence-corrected chi connectivity index (χ2v) is 7.82. The lowest BCUT2D eigenvalue weighted by atomic mass is 9.88. The Hall–Kier alpha value is -1.46. The predicted octanol–water partition coefficient (Wildman–Crippen LogP) is 3.31. The molecule has 0 saturated carbocycles. The summed E-state index contributed by atoms with van der Waals surface area (Å²) in [7, 11) is 0. The lowest BCUT2D eigenvalue weighted by molar-refractivity contribution is 0.000880. The average Bonchev–Trinajstić information content (AvgIpc) is 3.04. The van der Waals surface area contributed by atoms with Crippen molar-refractivity contribution in [1.29, 1.82) is 0 Å². The zero-order valence-corrected chi connectivity index (χ0v) is 14.4. The monoisotopic (exact) mass is 324 g/mol. The van der Waals surface area contributed by atoms with Crippen LogP contribution in [0.3, 0.4) is 0 Å². The van der Waals surface area contributed by atoms with Gasteiger partial charge in [-0.15, -0.1) is 0 Å². The van der Waals surface area contributed by atoms with Gasteiger partial charge in [-0.05, 0) is 58.8 Å². The Balaban J connectivity index is 1.47. The zero-order valence-electron chi connectivity index (χ0n) is 14.4. The van der Waals surface area contributed by atoms with E-state index in [1.807, 2.05) is 25.7 Å². The van der Waals surface area contributed by atoms with E-state index in [1.54, 1.807) is 0 Å². The van der Waals surface area contributed by atoms with E-state index in [4.69, 9.17) is 14.3 Å². The maximum absolute atomic E-state index is 12.4. The van der Waals surface area contributed by atoms with Crippen LogP contribution in [-0.4, -0.2) is 47.8 Å². The summed E-state index contributed by atoms with van der Waals surface area (Å²) in [5.74, 6) is 1.34. The van der Waals surface area contributed by atoms with Crippen LogP contribution in [0.25, 0.3) is 0 Å². The van der Waals surface area contributed by atoms with Gasteiger partial charge in [0.15, 0.2) is 0 Å². The Morgan fingerprint density at radius 2 is 2.00 bits per heavy atom. The second-order valence-electron chi connectivity index (χ2n) is 7.82. The number of rotatable bonds is 3. The van der Waals surface area contributed by atoms with E-state index in [-0.39, 0.29) is 6.09 Å². The summed E-state index contributed by atoms with van der Waals surface area (Å²) in [4.78, 5) is 19.3. The molecule has 0 spiro atoms. The number of carbonyl (C=O) groups is 1. The average molecular weight is 324 g/mol. The van der Waals surface area contributed by atoms with Crippen LogP contribution in [0.2, 0.25) is 0 Å². The summed E-state index contributed by atoms with van der Waals surface area (Å²) in [6.07, 6.45) is 5.97. The topological polar surface area (TPSA) is 60.4 Å². The molecule has 3 aliphatic rings. The van der Waals surface area contributed by atoms with Gasteiger partial charge in [-0.3, -0.25) is 0 Å². The molecule has 2 bridgehead atoms. The summed E-state index contributed by atoms with van der Waals surface area (Å²) < 4.78 is 11.2. The molecule has 6 nitrogen and oxygen atoms in total. The summed E-state index contributed by atoms with van der Waals surface area (Å²) in [5, 5.41) is 3.85. The van der Waals surface area contributed by atoms with Crippen LogP contribution in [-0.2, 0) is 14.3 Å². The molecule has 1 unspecified atom stereocenters. The molecule has 6 heteroatoms. The van der Waals surface area contributed by atoms with Crippen molar-refractivity contribution in [2.45, 2.75) is 77.0 Å². The third-order valence-corrected chi connectivity index (χ3v) is 4.80.